The number of fused-ring (bicyclic) bond motifs is 1. The second kappa shape index (κ2) is 4.31. The van der Waals surface area contributed by atoms with E-state index in [2.05, 4.69) is 15.9 Å². The minimum atomic E-state index is -0.149. The number of aromatic nitrogens is 2. The standard InChI is InChI=1S/C13H13BrN2O2/c14-9-4-6-10(7-5-9)16-12(17)11-3-1-2-8-15(11)13(16)18/h4-7,17H,1-3,8H2. The molecule has 0 unspecified atom stereocenters. The SMILES string of the molecule is O=c1n2c(c(O)n1-c1ccc(Br)cc1)CCCC2. The van der Waals surface area contributed by atoms with Gasteiger partial charge in [-0.15, -0.1) is 0 Å². The van der Waals surface area contributed by atoms with Gasteiger partial charge in [0, 0.05) is 11.0 Å². The van der Waals surface area contributed by atoms with Crippen LogP contribution in [0.25, 0.3) is 5.69 Å². The molecule has 0 saturated heterocycles. The number of halogens is 1. The molecule has 1 N–H and O–H groups in total. The van der Waals surface area contributed by atoms with Crippen LogP contribution in [-0.2, 0) is 13.0 Å². The zero-order valence-corrected chi connectivity index (χ0v) is 11.4. The molecule has 2 heterocycles. The lowest BCUT2D eigenvalue weighted by atomic mass is 10.1. The molecule has 0 spiro atoms. The third kappa shape index (κ3) is 1.70. The van der Waals surface area contributed by atoms with Crippen molar-refractivity contribution in [3.05, 3.63) is 44.9 Å². The Hall–Kier alpha value is -1.49. The van der Waals surface area contributed by atoms with Crippen LogP contribution in [0.2, 0.25) is 0 Å². The van der Waals surface area contributed by atoms with Crippen LogP contribution >= 0.6 is 15.9 Å². The highest BCUT2D eigenvalue weighted by atomic mass is 79.9. The molecule has 0 aliphatic carbocycles. The molecular weight excluding hydrogens is 296 g/mol. The molecule has 5 heteroatoms. The molecule has 3 rings (SSSR count). The van der Waals surface area contributed by atoms with Gasteiger partial charge in [-0.3, -0.25) is 4.57 Å². The van der Waals surface area contributed by atoms with Crippen molar-refractivity contribution in [2.24, 2.45) is 0 Å². The molecule has 1 aromatic heterocycles. The zero-order chi connectivity index (χ0) is 12.7. The van der Waals surface area contributed by atoms with Crippen LogP contribution in [0.4, 0.5) is 0 Å². The molecule has 1 aliphatic rings. The van der Waals surface area contributed by atoms with Crippen molar-refractivity contribution in [1.82, 2.24) is 9.13 Å². The molecule has 94 valence electrons. The van der Waals surface area contributed by atoms with E-state index in [1.165, 1.54) is 4.57 Å². The maximum absolute atomic E-state index is 12.3. The first-order chi connectivity index (χ1) is 8.68. The topological polar surface area (TPSA) is 47.2 Å². The van der Waals surface area contributed by atoms with Gasteiger partial charge in [-0.05, 0) is 43.5 Å². The highest BCUT2D eigenvalue weighted by Crippen LogP contribution is 2.25. The van der Waals surface area contributed by atoms with Crippen molar-refractivity contribution in [2.75, 3.05) is 0 Å². The average Bonchev–Trinajstić information content (AvgIpc) is 2.64. The minimum absolute atomic E-state index is 0.0852. The minimum Gasteiger partial charge on any atom is -0.493 e. The van der Waals surface area contributed by atoms with Gasteiger partial charge in [0.15, 0.2) is 0 Å². The van der Waals surface area contributed by atoms with Crippen LogP contribution in [0.5, 0.6) is 5.88 Å². The lowest BCUT2D eigenvalue weighted by Crippen LogP contribution is -2.25. The molecule has 1 aromatic carbocycles. The molecule has 4 nitrogen and oxygen atoms in total. The fourth-order valence-corrected chi connectivity index (χ4v) is 2.70. The summed E-state index contributed by atoms with van der Waals surface area (Å²) < 4.78 is 4.01. The average molecular weight is 309 g/mol. The lowest BCUT2D eigenvalue weighted by Gasteiger charge is -2.11. The number of rotatable bonds is 1. The summed E-state index contributed by atoms with van der Waals surface area (Å²) in [7, 11) is 0. The number of imidazole rings is 1. The molecule has 18 heavy (non-hydrogen) atoms. The van der Waals surface area contributed by atoms with E-state index in [1.807, 2.05) is 24.3 Å². The summed E-state index contributed by atoms with van der Waals surface area (Å²) in [5.41, 5.74) is 1.31. The first-order valence-electron chi connectivity index (χ1n) is 5.98. The van der Waals surface area contributed by atoms with Crippen molar-refractivity contribution in [1.29, 1.82) is 0 Å². The summed E-state index contributed by atoms with van der Waals surface area (Å²) >= 11 is 3.36. The second-order valence-corrected chi connectivity index (χ2v) is 5.39. The van der Waals surface area contributed by atoms with Gasteiger partial charge >= 0.3 is 5.69 Å². The second-order valence-electron chi connectivity index (χ2n) is 4.47. The van der Waals surface area contributed by atoms with E-state index in [0.717, 1.165) is 29.4 Å². The van der Waals surface area contributed by atoms with Crippen LogP contribution in [0.3, 0.4) is 0 Å². The van der Waals surface area contributed by atoms with Gasteiger partial charge in [-0.1, -0.05) is 15.9 Å². The number of benzene rings is 1. The quantitative estimate of drug-likeness (QED) is 0.879. The Kier molecular flexibility index (Phi) is 2.78. The van der Waals surface area contributed by atoms with Crippen molar-refractivity contribution in [3.63, 3.8) is 0 Å². The molecule has 0 atom stereocenters. The van der Waals surface area contributed by atoms with E-state index in [0.29, 0.717) is 12.2 Å². The molecule has 0 amide bonds. The molecule has 0 fully saturated rings. The Bertz CT molecular complexity index is 640. The summed E-state index contributed by atoms with van der Waals surface area (Å²) in [6, 6.07) is 7.35. The first kappa shape index (κ1) is 11.6. The Balaban J connectivity index is 2.21. The fraction of sp³-hybridized carbons (Fsp3) is 0.308. The molecular formula is C13H13BrN2O2. The van der Waals surface area contributed by atoms with Gasteiger partial charge in [0.25, 0.3) is 0 Å². The summed E-state index contributed by atoms with van der Waals surface area (Å²) in [4.78, 5) is 12.3. The summed E-state index contributed by atoms with van der Waals surface area (Å²) in [6.07, 6.45) is 2.79. The molecule has 1 aliphatic heterocycles. The van der Waals surface area contributed by atoms with Crippen LogP contribution < -0.4 is 5.69 Å². The zero-order valence-electron chi connectivity index (χ0n) is 9.77. The Morgan fingerprint density at radius 1 is 1.17 bits per heavy atom. The third-order valence-electron chi connectivity index (χ3n) is 3.35. The van der Waals surface area contributed by atoms with Crippen LogP contribution in [0, 0.1) is 0 Å². The summed E-state index contributed by atoms with van der Waals surface area (Å²) in [5.74, 6) is 0.0852. The van der Waals surface area contributed by atoms with Crippen molar-refractivity contribution in [3.8, 4) is 11.6 Å². The number of hydrogen-bond donors (Lipinski definition) is 1. The number of aromatic hydroxyl groups is 1. The van der Waals surface area contributed by atoms with Gasteiger partial charge < -0.3 is 5.11 Å². The predicted octanol–water partition coefficient (Wildman–Crippen LogP) is 2.44. The fourth-order valence-electron chi connectivity index (χ4n) is 2.44. The van der Waals surface area contributed by atoms with Crippen molar-refractivity contribution < 1.29 is 5.11 Å². The Labute approximate surface area is 113 Å². The summed E-state index contributed by atoms with van der Waals surface area (Å²) in [5, 5.41) is 10.2. The maximum Gasteiger partial charge on any atom is 0.335 e. The van der Waals surface area contributed by atoms with Crippen LogP contribution in [0.15, 0.2) is 33.5 Å². The largest absolute Gasteiger partial charge is 0.493 e. The normalized spacial score (nSPS) is 14.5. The highest BCUT2D eigenvalue weighted by Gasteiger charge is 2.22. The molecule has 2 aromatic rings. The van der Waals surface area contributed by atoms with E-state index < -0.39 is 0 Å². The van der Waals surface area contributed by atoms with Gasteiger partial charge in [0.1, 0.15) is 0 Å². The lowest BCUT2D eigenvalue weighted by molar-refractivity contribution is 0.426. The molecule has 0 bridgehead atoms. The van der Waals surface area contributed by atoms with Crippen molar-refractivity contribution in [2.45, 2.75) is 25.8 Å². The van der Waals surface area contributed by atoms with E-state index in [9.17, 15) is 9.90 Å². The van der Waals surface area contributed by atoms with E-state index in [4.69, 9.17) is 0 Å². The third-order valence-corrected chi connectivity index (χ3v) is 3.88. The van der Waals surface area contributed by atoms with Crippen LogP contribution in [0.1, 0.15) is 18.5 Å². The predicted molar refractivity (Wildman–Crippen MR) is 72.3 cm³/mol. The number of nitrogens with zero attached hydrogens (tertiary/aromatic N) is 2. The van der Waals surface area contributed by atoms with E-state index >= 15 is 0 Å². The molecule has 0 radical (unpaired) electrons. The van der Waals surface area contributed by atoms with Gasteiger partial charge in [0.05, 0.1) is 11.4 Å². The molecule has 0 saturated carbocycles. The highest BCUT2D eigenvalue weighted by molar-refractivity contribution is 9.10. The van der Waals surface area contributed by atoms with Gasteiger partial charge in [-0.2, -0.15) is 0 Å². The van der Waals surface area contributed by atoms with Gasteiger partial charge in [0.2, 0.25) is 5.88 Å². The Morgan fingerprint density at radius 3 is 2.56 bits per heavy atom. The first-order valence-corrected chi connectivity index (χ1v) is 6.77. The van der Waals surface area contributed by atoms with Crippen LogP contribution in [-0.4, -0.2) is 14.2 Å². The summed E-state index contributed by atoms with van der Waals surface area (Å²) in [6.45, 7) is 0.700. The Morgan fingerprint density at radius 2 is 1.89 bits per heavy atom. The van der Waals surface area contributed by atoms with E-state index in [-0.39, 0.29) is 11.6 Å². The maximum atomic E-state index is 12.3. The smallest absolute Gasteiger partial charge is 0.335 e. The van der Waals surface area contributed by atoms with Gasteiger partial charge in [-0.25, -0.2) is 9.36 Å². The van der Waals surface area contributed by atoms with Crippen molar-refractivity contribution >= 4 is 15.9 Å². The monoisotopic (exact) mass is 308 g/mol. The van der Waals surface area contributed by atoms with E-state index in [1.54, 1.807) is 4.57 Å². The number of hydrogen-bond acceptors (Lipinski definition) is 2.